The minimum absolute atomic E-state index is 0.00645. The van der Waals surface area contributed by atoms with Gasteiger partial charge in [0.15, 0.2) is 0 Å². The molecule has 0 fully saturated rings. The number of hydrogen-bond donors (Lipinski definition) is 2. The summed E-state index contributed by atoms with van der Waals surface area (Å²) in [6, 6.07) is 5.26. The molecule has 2 nitrogen and oxygen atoms in total. The molecule has 3 heteroatoms. The molecule has 0 spiro atoms. The molecule has 0 saturated heterocycles. The van der Waals surface area contributed by atoms with Crippen LogP contribution in [0.25, 0.3) is 6.08 Å². The van der Waals surface area contributed by atoms with Crippen molar-refractivity contribution in [3.63, 3.8) is 0 Å². The molecule has 13 heavy (non-hydrogen) atoms. The molecule has 0 aliphatic heterocycles. The smallest absolute Gasteiger partial charge is 0.0688 e. The van der Waals surface area contributed by atoms with Gasteiger partial charge in [-0.25, -0.2) is 0 Å². The maximum atomic E-state index is 8.99. The van der Waals surface area contributed by atoms with E-state index in [2.05, 4.69) is 0 Å². The third-order valence-electron chi connectivity index (χ3n) is 1.68. The lowest BCUT2D eigenvalue weighted by Gasteiger charge is -2.02. The van der Waals surface area contributed by atoms with Gasteiger partial charge in [-0.05, 0) is 23.3 Å². The van der Waals surface area contributed by atoms with Crippen LogP contribution < -0.4 is 0 Å². The quantitative estimate of drug-likeness (QED) is 0.778. The predicted molar refractivity (Wildman–Crippen MR) is 53.5 cm³/mol. The van der Waals surface area contributed by atoms with E-state index in [0.717, 1.165) is 11.1 Å². The SMILES string of the molecule is OCC=Cc1ccc(Cl)cc1CO. The van der Waals surface area contributed by atoms with E-state index < -0.39 is 0 Å². The molecular weight excluding hydrogens is 188 g/mol. The molecule has 1 aromatic carbocycles. The molecule has 0 saturated carbocycles. The standard InChI is InChI=1S/C10H11ClO2/c11-10-4-3-8(2-1-5-12)9(6-10)7-13/h1-4,6,12-13H,5,7H2. The highest BCUT2D eigenvalue weighted by molar-refractivity contribution is 6.30. The summed E-state index contributed by atoms with van der Waals surface area (Å²) >= 11 is 5.75. The molecule has 0 atom stereocenters. The van der Waals surface area contributed by atoms with Crippen LogP contribution in [0.5, 0.6) is 0 Å². The van der Waals surface area contributed by atoms with Crippen molar-refractivity contribution in [2.75, 3.05) is 6.61 Å². The van der Waals surface area contributed by atoms with Crippen molar-refractivity contribution in [1.82, 2.24) is 0 Å². The number of aliphatic hydroxyl groups is 2. The number of hydrogen-bond acceptors (Lipinski definition) is 2. The minimum atomic E-state index is -0.0499. The Labute approximate surface area is 82.1 Å². The molecule has 0 amide bonds. The summed E-state index contributed by atoms with van der Waals surface area (Å²) in [5.74, 6) is 0. The highest BCUT2D eigenvalue weighted by atomic mass is 35.5. The molecular formula is C10H11ClO2. The molecule has 0 aliphatic carbocycles. The summed E-state index contributed by atoms with van der Waals surface area (Å²) in [6.45, 7) is -0.0564. The number of halogens is 1. The Kier molecular flexibility index (Phi) is 3.96. The van der Waals surface area contributed by atoms with Crippen LogP contribution in [-0.2, 0) is 6.61 Å². The van der Waals surface area contributed by atoms with Crippen LogP contribution in [-0.4, -0.2) is 16.8 Å². The Hall–Kier alpha value is -0.830. The fraction of sp³-hybridized carbons (Fsp3) is 0.200. The first kappa shape index (κ1) is 10.3. The van der Waals surface area contributed by atoms with E-state index in [-0.39, 0.29) is 13.2 Å². The maximum Gasteiger partial charge on any atom is 0.0688 e. The van der Waals surface area contributed by atoms with Gasteiger partial charge in [-0.1, -0.05) is 29.8 Å². The first-order valence-corrected chi connectivity index (χ1v) is 4.32. The summed E-state index contributed by atoms with van der Waals surface area (Å²) in [6.07, 6.45) is 3.37. The van der Waals surface area contributed by atoms with Crippen molar-refractivity contribution in [2.45, 2.75) is 6.61 Å². The van der Waals surface area contributed by atoms with Crippen LogP contribution in [0.15, 0.2) is 24.3 Å². The molecule has 1 rings (SSSR count). The number of aliphatic hydroxyl groups excluding tert-OH is 2. The molecule has 70 valence electrons. The van der Waals surface area contributed by atoms with Gasteiger partial charge in [0.2, 0.25) is 0 Å². The summed E-state index contributed by atoms with van der Waals surface area (Å²) < 4.78 is 0. The minimum Gasteiger partial charge on any atom is -0.392 e. The number of rotatable bonds is 3. The zero-order chi connectivity index (χ0) is 9.68. The van der Waals surface area contributed by atoms with Gasteiger partial charge in [-0.15, -0.1) is 0 Å². The topological polar surface area (TPSA) is 40.5 Å². The van der Waals surface area contributed by atoms with Crippen LogP contribution in [0.1, 0.15) is 11.1 Å². The summed E-state index contributed by atoms with van der Waals surface area (Å²) in [5, 5.41) is 18.2. The third-order valence-corrected chi connectivity index (χ3v) is 1.91. The van der Waals surface area contributed by atoms with E-state index in [1.54, 1.807) is 30.4 Å². The zero-order valence-electron chi connectivity index (χ0n) is 7.07. The van der Waals surface area contributed by atoms with E-state index in [9.17, 15) is 0 Å². The van der Waals surface area contributed by atoms with Crippen LogP contribution in [0.3, 0.4) is 0 Å². The summed E-state index contributed by atoms with van der Waals surface area (Å²) in [4.78, 5) is 0. The first-order valence-electron chi connectivity index (χ1n) is 3.94. The van der Waals surface area contributed by atoms with Gasteiger partial charge >= 0.3 is 0 Å². The van der Waals surface area contributed by atoms with Crippen molar-refractivity contribution in [1.29, 1.82) is 0 Å². The Morgan fingerprint density at radius 1 is 1.31 bits per heavy atom. The molecule has 0 aromatic heterocycles. The molecule has 0 bridgehead atoms. The molecule has 1 aromatic rings. The largest absolute Gasteiger partial charge is 0.392 e. The maximum absolute atomic E-state index is 8.99. The normalized spacial score (nSPS) is 11.0. The van der Waals surface area contributed by atoms with Gasteiger partial charge in [-0.3, -0.25) is 0 Å². The highest BCUT2D eigenvalue weighted by Gasteiger charge is 1.98. The van der Waals surface area contributed by atoms with Crippen LogP contribution in [0.4, 0.5) is 0 Å². The van der Waals surface area contributed by atoms with Crippen molar-refractivity contribution >= 4 is 17.7 Å². The van der Waals surface area contributed by atoms with E-state index in [0.29, 0.717) is 5.02 Å². The second kappa shape index (κ2) is 5.02. The predicted octanol–water partition coefficient (Wildman–Crippen LogP) is 1.84. The average Bonchev–Trinajstić information content (AvgIpc) is 2.16. The lowest BCUT2D eigenvalue weighted by Crippen LogP contribution is -1.88. The van der Waals surface area contributed by atoms with Crippen molar-refractivity contribution < 1.29 is 10.2 Å². The van der Waals surface area contributed by atoms with Gasteiger partial charge in [0.05, 0.1) is 13.2 Å². The zero-order valence-corrected chi connectivity index (χ0v) is 7.83. The van der Waals surface area contributed by atoms with Gasteiger partial charge in [-0.2, -0.15) is 0 Å². The highest BCUT2D eigenvalue weighted by Crippen LogP contribution is 2.17. The fourth-order valence-corrected chi connectivity index (χ4v) is 1.25. The Bertz CT molecular complexity index is 308. The summed E-state index contributed by atoms with van der Waals surface area (Å²) in [7, 11) is 0. The van der Waals surface area contributed by atoms with E-state index in [1.807, 2.05) is 0 Å². The van der Waals surface area contributed by atoms with Crippen LogP contribution in [0, 0.1) is 0 Å². The van der Waals surface area contributed by atoms with Crippen molar-refractivity contribution in [3.05, 3.63) is 40.4 Å². The lowest BCUT2D eigenvalue weighted by molar-refractivity contribution is 0.281. The van der Waals surface area contributed by atoms with E-state index in [4.69, 9.17) is 21.8 Å². The van der Waals surface area contributed by atoms with Gasteiger partial charge in [0, 0.05) is 5.02 Å². The first-order chi connectivity index (χ1) is 6.27. The molecule has 0 aliphatic rings. The Balaban J connectivity index is 2.99. The Morgan fingerprint density at radius 3 is 2.69 bits per heavy atom. The van der Waals surface area contributed by atoms with E-state index >= 15 is 0 Å². The van der Waals surface area contributed by atoms with Gasteiger partial charge in [0.1, 0.15) is 0 Å². The summed E-state index contributed by atoms with van der Waals surface area (Å²) in [5.41, 5.74) is 1.64. The number of benzene rings is 1. The second-order valence-electron chi connectivity index (χ2n) is 2.59. The van der Waals surface area contributed by atoms with Gasteiger partial charge < -0.3 is 10.2 Å². The molecule has 0 heterocycles. The fourth-order valence-electron chi connectivity index (χ4n) is 1.05. The van der Waals surface area contributed by atoms with Crippen LogP contribution in [0.2, 0.25) is 5.02 Å². The lowest BCUT2D eigenvalue weighted by atomic mass is 10.1. The molecule has 0 unspecified atom stereocenters. The van der Waals surface area contributed by atoms with Gasteiger partial charge in [0.25, 0.3) is 0 Å². The second-order valence-corrected chi connectivity index (χ2v) is 3.02. The van der Waals surface area contributed by atoms with Crippen LogP contribution >= 0.6 is 11.6 Å². The molecule has 0 radical (unpaired) electrons. The average molecular weight is 199 g/mol. The van der Waals surface area contributed by atoms with E-state index in [1.165, 1.54) is 0 Å². The monoisotopic (exact) mass is 198 g/mol. The molecule has 2 N–H and O–H groups in total. The van der Waals surface area contributed by atoms with Crippen molar-refractivity contribution in [2.24, 2.45) is 0 Å². The van der Waals surface area contributed by atoms with Crippen molar-refractivity contribution in [3.8, 4) is 0 Å². The Morgan fingerprint density at radius 2 is 2.08 bits per heavy atom. The third kappa shape index (κ3) is 2.84.